The number of nitrogens with one attached hydrogen (secondary N) is 1. The standard InChI is InChI=1S/C25H40N8O3S/c1-5-31(6-2)11-7-8-14-37(35,36)33-12-9-22(10-13-33)29-24-27-16-20(15-26)23(30-24)21-17-28-32(18-21)19-25(3,4)34/h16-18,22,34H,5-14,19H2,1-4H3,(H,27,29,30). The zero-order valence-electron chi connectivity index (χ0n) is 22.4. The van der Waals surface area contributed by atoms with Crippen molar-refractivity contribution < 1.29 is 13.5 Å². The number of nitriles is 1. The lowest BCUT2D eigenvalue weighted by Gasteiger charge is -2.31. The summed E-state index contributed by atoms with van der Waals surface area (Å²) in [7, 11) is -3.26. The Kier molecular flexibility index (Phi) is 10.0. The number of unbranched alkanes of at least 4 members (excludes halogenated alkanes) is 1. The van der Waals surface area contributed by atoms with Crippen LogP contribution < -0.4 is 5.32 Å². The molecule has 0 spiro atoms. The van der Waals surface area contributed by atoms with Gasteiger partial charge in [-0.2, -0.15) is 10.4 Å². The number of hydrogen-bond donors (Lipinski definition) is 2. The van der Waals surface area contributed by atoms with Gasteiger partial charge in [-0.1, -0.05) is 13.8 Å². The van der Waals surface area contributed by atoms with Crippen molar-refractivity contribution in [3.63, 3.8) is 0 Å². The van der Waals surface area contributed by atoms with Gasteiger partial charge in [0.1, 0.15) is 6.07 Å². The zero-order chi connectivity index (χ0) is 27.1. The van der Waals surface area contributed by atoms with Crippen molar-refractivity contribution in [2.24, 2.45) is 0 Å². The van der Waals surface area contributed by atoms with Crippen molar-refractivity contribution in [1.82, 2.24) is 29.0 Å². The monoisotopic (exact) mass is 532 g/mol. The fraction of sp³-hybridized carbons (Fsp3) is 0.680. The Morgan fingerprint density at radius 1 is 1.22 bits per heavy atom. The molecule has 0 bridgehead atoms. The molecule has 2 aromatic rings. The van der Waals surface area contributed by atoms with Gasteiger partial charge in [-0.15, -0.1) is 0 Å². The summed E-state index contributed by atoms with van der Waals surface area (Å²) >= 11 is 0. The molecule has 37 heavy (non-hydrogen) atoms. The van der Waals surface area contributed by atoms with Gasteiger partial charge >= 0.3 is 0 Å². The number of rotatable bonds is 13. The van der Waals surface area contributed by atoms with E-state index in [0.717, 1.165) is 26.1 Å². The first kappa shape index (κ1) is 29.0. The fourth-order valence-corrected chi connectivity index (χ4v) is 6.07. The largest absolute Gasteiger partial charge is 0.389 e. The molecule has 1 saturated heterocycles. The minimum Gasteiger partial charge on any atom is -0.389 e. The lowest BCUT2D eigenvalue weighted by Crippen LogP contribution is -2.43. The van der Waals surface area contributed by atoms with E-state index >= 15 is 0 Å². The summed E-state index contributed by atoms with van der Waals surface area (Å²) in [5.74, 6) is 0.581. The van der Waals surface area contributed by atoms with Crippen molar-refractivity contribution in [2.75, 3.05) is 43.8 Å². The molecule has 2 aromatic heterocycles. The van der Waals surface area contributed by atoms with Gasteiger partial charge in [0.2, 0.25) is 16.0 Å². The van der Waals surface area contributed by atoms with E-state index < -0.39 is 15.6 Å². The number of nitrogens with zero attached hydrogens (tertiary/aromatic N) is 7. The van der Waals surface area contributed by atoms with Crippen LogP contribution in [-0.4, -0.2) is 92.6 Å². The smallest absolute Gasteiger partial charge is 0.223 e. The number of aromatic nitrogens is 4. The third-order valence-corrected chi connectivity index (χ3v) is 8.52. The lowest BCUT2D eigenvalue weighted by molar-refractivity contribution is 0.0577. The van der Waals surface area contributed by atoms with Crippen molar-refractivity contribution >= 4 is 16.0 Å². The highest BCUT2D eigenvalue weighted by Crippen LogP contribution is 2.24. The summed E-state index contributed by atoms with van der Waals surface area (Å²) in [6, 6.07) is 2.16. The molecule has 204 valence electrons. The van der Waals surface area contributed by atoms with Crippen LogP contribution in [0.25, 0.3) is 11.3 Å². The van der Waals surface area contributed by atoms with Gasteiger partial charge in [-0.25, -0.2) is 22.7 Å². The zero-order valence-corrected chi connectivity index (χ0v) is 23.2. The Morgan fingerprint density at radius 3 is 2.54 bits per heavy atom. The summed E-state index contributed by atoms with van der Waals surface area (Å²) in [6.07, 6.45) is 7.71. The van der Waals surface area contributed by atoms with Crippen LogP contribution in [0, 0.1) is 11.3 Å². The van der Waals surface area contributed by atoms with E-state index in [1.165, 1.54) is 6.20 Å². The molecule has 0 atom stereocenters. The van der Waals surface area contributed by atoms with Crippen molar-refractivity contribution in [1.29, 1.82) is 5.26 Å². The Bertz CT molecular complexity index is 1160. The van der Waals surface area contributed by atoms with Gasteiger partial charge in [0, 0.05) is 30.9 Å². The minimum atomic E-state index is -3.26. The van der Waals surface area contributed by atoms with E-state index in [2.05, 4.69) is 45.2 Å². The topological polar surface area (TPSA) is 140 Å². The van der Waals surface area contributed by atoms with Crippen molar-refractivity contribution in [2.45, 2.75) is 71.6 Å². The van der Waals surface area contributed by atoms with E-state index in [0.29, 0.717) is 61.7 Å². The predicted molar refractivity (Wildman–Crippen MR) is 143 cm³/mol. The number of anilines is 1. The summed E-state index contributed by atoms with van der Waals surface area (Å²) in [4.78, 5) is 11.2. The van der Waals surface area contributed by atoms with Gasteiger partial charge in [0.05, 0.1) is 41.5 Å². The van der Waals surface area contributed by atoms with Crippen molar-refractivity contribution in [3.05, 3.63) is 24.2 Å². The second-order valence-electron chi connectivity index (χ2n) is 10.2. The summed E-state index contributed by atoms with van der Waals surface area (Å²) < 4.78 is 28.8. The van der Waals surface area contributed by atoms with Crippen molar-refractivity contribution in [3.8, 4) is 17.3 Å². The first-order valence-corrected chi connectivity index (χ1v) is 14.6. The van der Waals surface area contributed by atoms with Crippen LogP contribution >= 0.6 is 0 Å². The highest BCUT2D eigenvalue weighted by atomic mass is 32.2. The minimum absolute atomic E-state index is 0.0350. The van der Waals surface area contributed by atoms with Gasteiger partial charge in [-0.3, -0.25) is 4.68 Å². The molecule has 12 heteroatoms. The molecule has 11 nitrogen and oxygen atoms in total. The third-order valence-electron chi connectivity index (χ3n) is 6.57. The number of aliphatic hydroxyl groups is 1. The van der Waals surface area contributed by atoms with E-state index in [1.54, 1.807) is 35.2 Å². The molecule has 0 amide bonds. The Morgan fingerprint density at radius 2 is 1.92 bits per heavy atom. The number of piperidine rings is 1. The molecule has 1 fully saturated rings. The molecule has 3 rings (SSSR count). The molecule has 0 saturated carbocycles. The second-order valence-corrected chi connectivity index (χ2v) is 12.3. The van der Waals surface area contributed by atoms with Gasteiger partial charge in [-0.05, 0) is 59.2 Å². The van der Waals surface area contributed by atoms with Crippen LogP contribution in [0.5, 0.6) is 0 Å². The van der Waals surface area contributed by atoms with Crippen LogP contribution in [0.4, 0.5) is 5.95 Å². The van der Waals surface area contributed by atoms with Crippen LogP contribution in [0.3, 0.4) is 0 Å². The molecule has 0 radical (unpaired) electrons. The maximum Gasteiger partial charge on any atom is 0.223 e. The third kappa shape index (κ3) is 8.46. The molecule has 2 N–H and O–H groups in total. The molecular weight excluding hydrogens is 492 g/mol. The molecule has 1 aliphatic heterocycles. The van der Waals surface area contributed by atoms with Crippen LogP contribution in [-0.2, 0) is 16.6 Å². The predicted octanol–water partition coefficient (Wildman–Crippen LogP) is 2.31. The average Bonchev–Trinajstić information content (AvgIpc) is 3.31. The van der Waals surface area contributed by atoms with E-state index in [1.807, 2.05) is 0 Å². The number of hydrogen-bond acceptors (Lipinski definition) is 9. The SMILES string of the molecule is CCN(CC)CCCCS(=O)(=O)N1CCC(Nc2ncc(C#N)c(-c3cnn(CC(C)(C)O)c3)n2)CC1. The summed E-state index contributed by atoms with van der Waals surface area (Å²) in [5.41, 5.74) is 0.531. The van der Waals surface area contributed by atoms with Gasteiger partial charge in [0.15, 0.2) is 0 Å². The molecule has 1 aliphatic rings. The van der Waals surface area contributed by atoms with E-state index in [9.17, 15) is 18.8 Å². The Hall–Kier alpha value is -2.59. The highest BCUT2D eigenvalue weighted by molar-refractivity contribution is 7.89. The first-order valence-electron chi connectivity index (χ1n) is 13.0. The van der Waals surface area contributed by atoms with Crippen LogP contribution in [0.15, 0.2) is 18.6 Å². The second kappa shape index (κ2) is 12.8. The summed E-state index contributed by atoms with van der Waals surface area (Å²) in [5, 5.41) is 27.2. The maximum absolute atomic E-state index is 12.8. The summed E-state index contributed by atoms with van der Waals surface area (Å²) in [6.45, 7) is 11.8. The van der Waals surface area contributed by atoms with E-state index in [4.69, 9.17) is 0 Å². The quantitative estimate of drug-likeness (QED) is 0.372. The van der Waals surface area contributed by atoms with Crippen LogP contribution in [0.2, 0.25) is 0 Å². The average molecular weight is 533 g/mol. The lowest BCUT2D eigenvalue weighted by atomic mass is 10.1. The molecule has 0 aliphatic carbocycles. The molecule has 0 unspecified atom stereocenters. The number of sulfonamides is 1. The van der Waals surface area contributed by atoms with E-state index in [-0.39, 0.29) is 11.8 Å². The van der Waals surface area contributed by atoms with Crippen LogP contribution in [0.1, 0.15) is 58.9 Å². The van der Waals surface area contributed by atoms with Gasteiger partial charge < -0.3 is 15.3 Å². The normalized spacial score (nSPS) is 15.7. The molecule has 0 aromatic carbocycles. The molecular formula is C25H40N8O3S. The Balaban J connectivity index is 1.56. The highest BCUT2D eigenvalue weighted by Gasteiger charge is 2.28. The first-order chi connectivity index (χ1) is 17.5. The Labute approximate surface area is 220 Å². The maximum atomic E-state index is 12.8. The molecule has 3 heterocycles. The van der Waals surface area contributed by atoms with Gasteiger partial charge in [0.25, 0.3) is 0 Å². The fourth-order valence-electron chi connectivity index (χ4n) is 4.47.